The molecule has 0 aromatic heterocycles. The SMILES string of the molecule is NC(=NO)c1ccccc1CNc1ccc(F)cc1Cl. The summed E-state index contributed by atoms with van der Waals surface area (Å²) in [5.74, 6) is -0.356. The third-order valence-electron chi connectivity index (χ3n) is 2.80. The Kier molecular flexibility index (Phi) is 4.42. The molecule has 104 valence electrons. The highest BCUT2D eigenvalue weighted by Crippen LogP contribution is 2.23. The van der Waals surface area contributed by atoms with Gasteiger partial charge < -0.3 is 16.3 Å². The van der Waals surface area contributed by atoms with E-state index >= 15 is 0 Å². The first-order chi connectivity index (χ1) is 9.61. The van der Waals surface area contributed by atoms with Crippen molar-refractivity contribution in [3.63, 3.8) is 0 Å². The lowest BCUT2D eigenvalue weighted by atomic mass is 10.1. The lowest BCUT2D eigenvalue weighted by Gasteiger charge is -2.11. The Hall–Kier alpha value is -2.27. The molecule has 2 aromatic rings. The van der Waals surface area contributed by atoms with Crippen LogP contribution in [0.5, 0.6) is 0 Å². The van der Waals surface area contributed by atoms with E-state index in [9.17, 15) is 4.39 Å². The van der Waals surface area contributed by atoms with Gasteiger partial charge in [-0.1, -0.05) is 41.0 Å². The van der Waals surface area contributed by atoms with E-state index in [1.54, 1.807) is 18.2 Å². The van der Waals surface area contributed by atoms with E-state index in [0.29, 0.717) is 22.8 Å². The van der Waals surface area contributed by atoms with Gasteiger partial charge in [0.05, 0.1) is 10.7 Å². The number of nitrogens with one attached hydrogen (secondary N) is 1. The molecule has 0 atom stereocenters. The van der Waals surface area contributed by atoms with Crippen molar-refractivity contribution in [2.24, 2.45) is 10.9 Å². The standard InChI is InChI=1S/C14H13ClFN3O/c15-12-7-10(16)5-6-13(12)18-8-9-3-1-2-4-11(9)14(17)19-20/h1-7,18,20H,8H2,(H2,17,19). The minimum atomic E-state index is -0.391. The average molecular weight is 294 g/mol. The molecule has 0 spiro atoms. The molecule has 2 aromatic carbocycles. The molecule has 20 heavy (non-hydrogen) atoms. The number of rotatable bonds is 4. The van der Waals surface area contributed by atoms with Crippen molar-refractivity contribution in [2.45, 2.75) is 6.54 Å². The number of hydrogen-bond donors (Lipinski definition) is 3. The summed E-state index contributed by atoms with van der Waals surface area (Å²) in [7, 11) is 0. The first-order valence-corrected chi connectivity index (χ1v) is 6.24. The summed E-state index contributed by atoms with van der Waals surface area (Å²) in [5.41, 5.74) is 7.69. The summed E-state index contributed by atoms with van der Waals surface area (Å²) in [5, 5.41) is 15.1. The Morgan fingerprint density at radius 1 is 1.30 bits per heavy atom. The van der Waals surface area contributed by atoms with Crippen molar-refractivity contribution in [3.8, 4) is 0 Å². The van der Waals surface area contributed by atoms with Crippen LogP contribution in [-0.4, -0.2) is 11.0 Å². The second-order valence-electron chi connectivity index (χ2n) is 4.12. The highest BCUT2D eigenvalue weighted by molar-refractivity contribution is 6.33. The van der Waals surface area contributed by atoms with Gasteiger partial charge in [0.25, 0.3) is 0 Å². The second-order valence-corrected chi connectivity index (χ2v) is 4.53. The molecule has 0 aliphatic carbocycles. The van der Waals surface area contributed by atoms with E-state index < -0.39 is 5.82 Å². The maximum absolute atomic E-state index is 13.0. The Morgan fingerprint density at radius 3 is 2.75 bits per heavy atom. The Morgan fingerprint density at radius 2 is 2.05 bits per heavy atom. The predicted octanol–water partition coefficient (Wildman–Crippen LogP) is 3.19. The van der Waals surface area contributed by atoms with Crippen molar-refractivity contribution in [2.75, 3.05) is 5.32 Å². The summed E-state index contributed by atoms with van der Waals surface area (Å²) in [6, 6.07) is 11.3. The highest BCUT2D eigenvalue weighted by atomic mass is 35.5. The summed E-state index contributed by atoms with van der Waals surface area (Å²) in [6.07, 6.45) is 0. The fraction of sp³-hybridized carbons (Fsp3) is 0.0714. The molecule has 6 heteroatoms. The van der Waals surface area contributed by atoms with Crippen LogP contribution < -0.4 is 11.1 Å². The fourth-order valence-electron chi connectivity index (χ4n) is 1.80. The van der Waals surface area contributed by atoms with E-state index in [1.807, 2.05) is 12.1 Å². The van der Waals surface area contributed by atoms with Crippen LogP contribution in [0, 0.1) is 5.82 Å². The minimum absolute atomic E-state index is 0.0348. The maximum atomic E-state index is 13.0. The molecule has 0 fully saturated rings. The molecule has 0 radical (unpaired) electrons. The van der Waals surface area contributed by atoms with Crippen molar-refractivity contribution in [1.29, 1.82) is 0 Å². The van der Waals surface area contributed by atoms with E-state index in [4.69, 9.17) is 22.5 Å². The molecule has 0 saturated carbocycles. The lowest BCUT2D eigenvalue weighted by molar-refractivity contribution is 0.318. The molecule has 2 rings (SSSR count). The quantitative estimate of drug-likeness (QED) is 0.351. The Balaban J connectivity index is 2.19. The van der Waals surface area contributed by atoms with Crippen LogP contribution in [0.4, 0.5) is 10.1 Å². The van der Waals surface area contributed by atoms with Gasteiger partial charge in [0.1, 0.15) is 5.82 Å². The van der Waals surface area contributed by atoms with Crippen LogP contribution in [0.15, 0.2) is 47.6 Å². The van der Waals surface area contributed by atoms with Gasteiger partial charge in [0, 0.05) is 12.1 Å². The van der Waals surface area contributed by atoms with Gasteiger partial charge in [-0.05, 0) is 23.8 Å². The molecule has 4 N–H and O–H groups in total. The van der Waals surface area contributed by atoms with Gasteiger partial charge >= 0.3 is 0 Å². The van der Waals surface area contributed by atoms with E-state index in [1.165, 1.54) is 12.1 Å². The topological polar surface area (TPSA) is 70.6 Å². The summed E-state index contributed by atoms with van der Waals surface area (Å²) >= 11 is 5.93. The van der Waals surface area contributed by atoms with Crippen LogP contribution in [0.3, 0.4) is 0 Å². The van der Waals surface area contributed by atoms with Gasteiger partial charge in [-0.15, -0.1) is 0 Å². The van der Waals surface area contributed by atoms with E-state index in [-0.39, 0.29) is 5.84 Å². The third kappa shape index (κ3) is 3.19. The second kappa shape index (κ2) is 6.25. The first-order valence-electron chi connectivity index (χ1n) is 5.86. The summed E-state index contributed by atoms with van der Waals surface area (Å²) in [6.45, 7) is 0.414. The van der Waals surface area contributed by atoms with Gasteiger partial charge in [-0.3, -0.25) is 0 Å². The molecule has 0 bridgehead atoms. The number of hydrogen-bond acceptors (Lipinski definition) is 3. The van der Waals surface area contributed by atoms with Crippen LogP contribution in [-0.2, 0) is 6.54 Å². The monoisotopic (exact) mass is 293 g/mol. The van der Waals surface area contributed by atoms with Crippen molar-refractivity contribution in [3.05, 3.63) is 64.4 Å². The number of oxime groups is 1. The van der Waals surface area contributed by atoms with Crippen LogP contribution in [0.2, 0.25) is 5.02 Å². The smallest absolute Gasteiger partial charge is 0.170 e. The van der Waals surface area contributed by atoms with Crippen LogP contribution >= 0.6 is 11.6 Å². The molecular formula is C14H13ClFN3O. The third-order valence-corrected chi connectivity index (χ3v) is 3.11. The molecule has 0 saturated heterocycles. The maximum Gasteiger partial charge on any atom is 0.170 e. The lowest BCUT2D eigenvalue weighted by Crippen LogP contribution is -2.16. The van der Waals surface area contributed by atoms with Crippen molar-refractivity contribution in [1.82, 2.24) is 0 Å². The van der Waals surface area contributed by atoms with E-state index in [0.717, 1.165) is 5.56 Å². The minimum Gasteiger partial charge on any atom is -0.409 e. The predicted molar refractivity (Wildman–Crippen MR) is 77.7 cm³/mol. The molecule has 0 amide bonds. The number of benzene rings is 2. The molecule has 0 heterocycles. The first kappa shape index (κ1) is 14.1. The Bertz CT molecular complexity index is 646. The number of amidine groups is 1. The summed E-state index contributed by atoms with van der Waals surface area (Å²) < 4.78 is 13.0. The zero-order chi connectivity index (χ0) is 14.5. The number of nitrogens with zero attached hydrogens (tertiary/aromatic N) is 1. The number of anilines is 1. The number of nitrogens with two attached hydrogens (primary N) is 1. The van der Waals surface area contributed by atoms with Crippen LogP contribution in [0.25, 0.3) is 0 Å². The largest absolute Gasteiger partial charge is 0.409 e. The van der Waals surface area contributed by atoms with Gasteiger partial charge in [-0.2, -0.15) is 0 Å². The molecule has 4 nitrogen and oxygen atoms in total. The van der Waals surface area contributed by atoms with Gasteiger partial charge in [-0.25, -0.2) is 4.39 Å². The molecule has 0 aliphatic rings. The highest BCUT2D eigenvalue weighted by Gasteiger charge is 2.07. The molecular weight excluding hydrogens is 281 g/mol. The van der Waals surface area contributed by atoms with Crippen molar-refractivity contribution >= 4 is 23.1 Å². The molecule has 0 unspecified atom stereocenters. The van der Waals surface area contributed by atoms with Crippen LogP contribution in [0.1, 0.15) is 11.1 Å². The summed E-state index contributed by atoms with van der Waals surface area (Å²) in [4.78, 5) is 0. The Labute approximate surface area is 120 Å². The van der Waals surface area contributed by atoms with Gasteiger partial charge in [0.2, 0.25) is 0 Å². The molecule has 0 aliphatic heterocycles. The number of halogens is 2. The fourth-order valence-corrected chi connectivity index (χ4v) is 2.04. The van der Waals surface area contributed by atoms with E-state index in [2.05, 4.69) is 10.5 Å². The normalized spacial score (nSPS) is 11.4. The zero-order valence-electron chi connectivity index (χ0n) is 10.5. The van der Waals surface area contributed by atoms with Gasteiger partial charge in [0.15, 0.2) is 5.84 Å². The average Bonchev–Trinajstić information content (AvgIpc) is 2.46. The zero-order valence-corrected chi connectivity index (χ0v) is 11.2. The van der Waals surface area contributed by atoms with Crippen molar-refractivity contribution < 1.29 is 9.60 Å².